The van der Waals surface area contributed by atoms with Crippen molar-refractivity contribution in [2.45, 2.75) is 12.5 Å². The summed E-state index contributed by atoms with van der Waals surface area (Å²) in [6.45, 7) is 4.57. The Bertz CT molecular complexity index is 1270. The number of anilines is 1. The van der Waals surface area contributed by atoms with Crippen molar-refractivity contribution in [2.75, 3.05) is 51.3 Å². The van der Waals surface area contributed by atoms with Crippen molar-refractivity contribution >= 4 is 29.0 Å². The molecule has 3 heterocycles. The number of likely N-dealkylation sites (tertiary alicyclic amines) is 1. The Kier molecular flexibility index (Phi) is 5.69. The molecule has 1 spiro atoms. The van der Waals surface area contributed by atoms with E-state index in [1.165, 1.54) is 21.9 Å². The summed E-state index contributed by atoms with van der Waals surface area (Å²) < 4.78 is 19.8. The van der Waals surface area contributed by atoms with Gasteiger partial charge in [-0.05, 0) is 24.6 Å². The van der Waals surface area contributed by atoms with Crippen LogP contribution in [-0.2, 0) is 24.7 Å². The highest BCUT2D eigenvalue weighted by molar-refractivity contribution is 6.50. The monoisotopic (exact) mass is 479 g/mol. The van der Waals surface area contributed by atoms with Crippen molar-refractivity contribution in [3.63, 3.8) is 0 Å². The van der Waals surface area contributed by atoms with Gasteiger partial charge in [0.2, 0.25) is 0 Å². The SMILES string of the molecule is Cc1ccc(/C(O)=C2\C(=O)C(=O)N(CCN3CCOCC3)C23C(=O)N(C)c2ccccc23)cc1F. The second-order valence-corrected chi connectivity index (χ2v) is 9.02. The first-order chi connectivity index (χ1) is 16.8. The molecule has 1 atom stereocenters. The van der Waals surface area contributed by atoms with Crippen LogP contribution in [0.4, 0.5) is 10.1 Å². The number of morpholine rings is 1. The maximum absolute atomic E-state index is 14.4. The molecule has 1 N–H and O–H groups in total. The molecule has 1 unspecified atom stereocenters. The van der Waals surface area contributed by atoms with Gasteiger partial charge in [-0.3, -0.25) is 19.3 Å². The summed E-state index contributed by atoms with van der Waals surface area (Å²) in [4.78, 5) is 45.6. The lowest BCUT2D eigenvalue weighted by Gasteiger charge is -2.36. The summed E-state index contributed by atoms with van der Waals surface area (Å²) in [5.41, 5.74) is -0.811. The minimum Gasteiger partial charge on any atom is -0.507 e. The molecule has 2 aromatic carbocycles. The van der Waals surface area contributed by atoms with Gasteiger partial charge in [0.05, 0.1) is 18.8 Å². The zero-order chi connectivity index (χ0) is 24.9. The molecular formula is C26H26FN3O5. The third-order valence-electron chi connectivity index (χ3n) is 7.13. The second kappa shape index (κ2) is 8.58. The number of nitrogens with zero attached hydrogens (tertiary/aromatic N) is 3. The standard InChI is InChI=1S/C26H26FN3O5/c1-16-7-8-17(15-19(16)27)22(31)21-23(32)24(33)30(10-9-29-11-13-35-14-12-29)26(21)18-5-3-4-6-20(18)28(2)25(26)34/h3-8,15,31H,9-14H2,1-2H3/b22-21-. The highest BCUT2D eigenvalue weighted by atomic mass is 19.1. The molecule has 9 heteroatoms. The molecule has 8 nitrogen and oxygen atoms in total. The van der Waals surface area contributed by atoms with E-state index in [1.54, 1.807) is 38.2 Å². The fourth-order valence-electron chi connectivity index (χ4n) is 5.22. The van der Waals surface area contributed by atoms with Crippen LogP contribution >= 0.6 is 0 Å². The Morgan fingerprint density at radius 3 is 2.51 bits per heavy atom. The van der Waals surface area contributed by atoms with Gasteiger partial charge in [-0.2, -0.15) is 0 Å². The van der Waals surface area contributed by atoms with Crippen LogP contribution in [0, 0.1) is 12.7 Å². The molecule has 182 valence electrons. The number of aliphatic hydroxyl groups is 1. The molecular weight excluding hydrogens is 453 g/mol. The van der Waals surface area contributed by atoms with Crippen LogP contribution in [-0.4, -0.2) is 78.9 Å². The number of para-hydroxylation sites is 1. The van der Waals surface area contributed by atoms with Crippen molar-refractivity contribution in [3.8, 4) is 0 Å². The first-order valence-corrected chi connectivity index (χ1v) is 11.5. The number of carbonyl (C=O) groups excluding carboxylic acids is 3. The van der Waals surface area contributed by atoms with E-state index >= 15 is 0 Å². The normalized spacial score (nSPS) is 24.0. The summed E-state index contributed by atoms with van der Waals surface area (Å²) in [7, 11) is 1.57. The minimum atomic E-state index is -1.84. The second-order valence-electron chi connectivity index (χ2n) is 9.02. The molecule has 35 heavy (non-hydrogen) atoms. The average molecular weight is 480 g/mol. The molecule has 0 aliphatic carbocycles. The predicted molar refractivity (Wildman–Crippen MR) is 126 cm³/mol. The minimum absolute atomic E-state index is 0.0264. The van der Waals surface area contributed by atoms with Gasteiger partial charge in [-0.25, -0.2) is 4.39 Å². The maximum atomic E-state index is 14.4. The third-order valence-corrected chi connectivity index (χ3v) is 7.13. The number of hydrogen-bond acceptors (Lipinski definition) is 6. The number of carbonyl (C=O) groups is 3. The molecule has 3 aliphatic heterocycles. The lowest BCUT2D eigenvalue weighted by atomic mass is 9.82. The number of Topliss-reactive ketones (excluding diaryl/α,β-unsaturated/α-hetero) is 1. The Hall–Kier alpha value is -3.56. The maximum Gasteiger partial charge on any atom is 0.296 e. The number of halogens is 1. The number of fused-ring (bicyclic) bond motifs is 2. The van der Waals surface area contributed by atoms with Crippen LogP contribution in [0.2, 0.25) is 0 Å². The van der Waals surface area contributed by atoms with E-state index in [0.29, 0.717) is 49.7 Å². The van der Waals surface area contributed by atoms with Gasteiger partial charge in [-0.1, -0.05) is 30.3 Å². The first-order valence-electron chi connectivity index (χ1n) is 11.5. The van der Waals surface area contributed by atoms with Crippen LogP contribution in [0.25, 0.3) is 5.76 Å². The Labute approximate surface area is 202 Å². The van der Waals surface area contributed by atoms with Crippen LogP contribution in [0.3, 0.4) is 0 Å². The Balaban J connectivity index is 1.70. The third kappa shape index (κ3) is 3.37. The Morgan fingerprint density at radius 1 is 1.09 bits per heavy atom. The molecule has 0 radical (unpaired) electrons. The zero-order valence-electron chi connectivity index (χ0n) is 19.6. The molecule has 2 aromatic rings. The predicted octanol–water partition coefficient (Wildman–Crippen LogP) is 2.02. The van der Waals surface area contributed by atoms with Crippen molar-refractivity contribution < 1.29 is 28.6 Å². The average Bonchev–Trinajstić information content (AvgIpc) is 3.23. The van der Waals surface area contributed by atoms with E-state index < -0.39 is 34.7 Å². The number of likely N-dealkylation sites (N-methyl/N-ethyl adjacent to an activating group) is 1. The molecule has 0 saturated carbocycles. The molecule has 3 aliphatic rings. The van der Waals surface area contributed by atoms with E-state index in [9.17, 15) is 23.9 Å². The quantitative estimate of drug-likeness (QED) is 0.410. The van der Waals surface area contributed by atoms with Crippen LogP contribution in [0.15, 0.2) is 48.0 Å². The lowest BCUT2D eigenvalue weighted by molar-refractivity contribution is -0.144. The topological polar surface area (TPSA) is 90.4 Å². The van der Waals surface area contributed by atoms with Crippen LogP contribution in [0.5, 0.6) is 0 Å². The number of hydrogen-bond donors (Lipinski definition) is 1. The number of ether oxygens (including phenoxy) is 1. The summed E-state index contributed by atoms with van der Waals surface area (Å²) in [5, 5.41) is 11.3. The molecule has 2 fully saturated rings. The van der Waals surface area contributed by atoms with Crippen molar-refractivity contribution in [3.05, 3.63) is 70.5 Å². The number of benzene rings is 2. The van der Waals surface area contributed by atoms with Crippen LogP contribution < -0.4 is 4.90 Å². The fraction of sp³-hybridized carbons (Fsp3) is 0.346. The van der Waals surface area contributed by atoms with Crippen LogP contribution in [0.1, 0.15) is 16.7 Å². The molecule has 2 amide bonds. The molecule has 0 aromatic heterocycles. The van der Waals surface area contributed by atoms with Crippen molar-refractivity contribution in [2.24, 2.45) is 0 Å². The van der Waals surface area contributed by atoms with Gasteiger partial charge < -0.3 is 19.6 Å². The number of aryl methyl sites for hydroxylation is 1. The van der Waals surface area contributed by atoms with E-state index in [2.05, 4.69) is 4.90 Å². The molecule has 5 rings (SSSR count). The van der Waals surface area contributed by atoms with Gasteiger partial charge in [0.25, 0.3) is 17.6 Å². The number of aliphatic hydroxyl groups excluding tert-OH is 1. The van der Waals surface area contributed by atoms with Crippen molar-refractivity contribution in [1.82, 2.24) is 9.80 Å². The smallest absolute Gasteiger partial charge is 0.296 e. The van der Waals surface area contributed by atoms with Gasteiger partial charge >= 0.3 is 0 Å². The largest absolute Gasteiger partial charge is 0.507 e. The highest BCUT2D eigenvalue weighted by Gasteiger charge is 2.66. The Morgan fingerprint density at radius 2 is 1.80 bits per heavy atom. The van der Waals surface area contributed by atoms with E-state index in [4.69, 9.17) is 4.74 Å². The lowest BCUT2D eigenvalue weighted by Crippen LogP contribution is -2.53. The number of amides is 2. The van der Waals surface area contributed by atoms with Gasteiger partial charge in [0, 0.05) is 50.0 Å². The van der Waals surface area contributed by atoms with Crippen molar-refractivity contribution in [1.29, 1.82) is 0 Å². The summed E-state index contributed by atoms with van der Waals surface area (Å²) in [6.07, 6.45) is 0. The first kappa shape index (κ1) is 23.2. The van der Waals surface area contributed by atoms with Gasteiger partial charge in [0.15, 0.2) is 5.54 Å². The summed E-state index contributed by atoms with van der Waals surface area (Å²) >= 11 is 0. The van der Waals surface area contributed by atoms with E-state index in [0.717, 1.165) is 6.07 Å². The summed E-state index contributed by atoms with van der Waals surface area (Å²) in [6, 6.07) is 11.0. The summed E-state index contributed by atoms with van der Waals surface area (Å²) in [5.74, 6) is -3.50. The van der Waals surface area contributed by atoms with Gasteiger partial charge in [-0.15, -0.1) is 0 Å². The zero-order valence-corrected chi connectivity index (χ0v) is 19.6. The molecule has 2 saturated heterocycles. The highest BCUT2D eigenvalue weighted by Crippen LogP contribution is 2.53. The molecule has 0 bridgehead atoms. The number of rotatable bonds is 4. The fourth-order valence-corrected chi connectivity index (χ4v) is 5.22. The van der Waals surface area contributed by atoms with E-state index in [1.807, 2.05) is 0 Å². The van der Waals surface area contributed by atoms with E-state index in [-0.39, 0.29) is 17.7 Å². The van der Waals surface area contributed by atoms with Gasteiger partial charge in [0.1, 0.15) is 11.6 Å². The number of ketones is 1.